The zero-order valence-electron chi connectivity index (χ0n) is 23.7. The highest BCUT2D eigenvalue weighted by atomic mass is 16.5. The van der Waals surface area contributed by atoms with Crippen LogP contribution in [0.1, 0.15) is 87.4 Å². The molecule has 0 aromatic heterocycles. The Morgan fingerprint density at radius 3 is 1.24 bits per heavy atom. The fraction of sp³-hybridized carbons (Fsp3) is 0.500. The van der Waals surface area contributed by atoms with Crippen LogP contribution in [0.2, 0.25) is 0 Å². The van der Waals surface area contributed by atoms with Crippen LogP contribution in [0.3, 0.4) is 0 Å². The van der Waals surface area contributed by atoms with Crippen molar-refractivity contribution in [2.75, 3.05) is 0 Å². The number of carbonyl (C=O) groups excluding carboxylic acids is 4. The van der Waals surface area contributed by atoms with Crippen molar-refractivity contribution in [3.63, 3.8) is 0 Å². The molecule has 2 aliphatic rings. The van der Waals surface area contributed by atoms with Crippen molar-refractivity contribution in [2.45, 2.75) is 101 Å². The molecule has 0 radical (unpaired) electrons. The lowest BCUT2D eigenvalue weighted by molar-refractivity contribution is -0.158. The van der Waals surface area contributed by atoms with E-state index in [9.17, 15) is 29.4 Å². The van der Waals surface area contributed by atoms with E-state index in [0.717, 1.165) is 64.2 Å². The number of rotatable bonds is 11. The maximum atomic E-state index is 13.1. The Kier molecular flexibility index (Phi) is 11.5. The molecule has 2 aromatic rings. The van der Waals surface area contributed by atoms with Crippen LogP contribution in [0.5, 0.6) is 0 Å². The molecule has 2 amide bonds. The fourth-order valence-electron chi connectivity index (χ4n) is 5.42. The summed E-state index contributed by atoms with van der Waals surface area (Å²) in [6, 6.07) is 14.3. The van der Waals surface area contributed by atoms with Crippen LogP contribution < -0.4 is 10.6 Å². The molecule has 0 unspecified atom stereocenters. The largest absolute Gasteiger partial charge is 0.461 e. The summed E-state index contributed by atoms with van der Waals surface area (Å²) in [5.41, 5.74) is 0.847. The van der Waals surface area contributed by atoms with Crippen LogP contribution in [0.15, 0.2) is 60.7 Å². The Morgan fingerprint density at radius 2 is 0.905 bits per heavy atom. The minimum Gasteiger partial charge on any atom is -0.461 e. The van der Waals surface area contributed by atoms with Gasteiger partial charge in [-0.1, -0.05) is 73.5 Å². The predicted octanol–water partition coefficient (Wildman–Crippen LogP) is 3.18. The first kappa shape index (κ1) is 31.2. The van der Waals surface area contributed by atoms with E-state index in [1.807, 2.05) is 0 Å². The molecule has 0 heterocycles. The van der Waals surface area contributed by atoms with Crippen molar-refractivity contribution < 1.29 is 38.9 Å². The van der Waals surface area contributed by atoms with Gasteiger partial charge in [0.1, 0.15) is 12.2 Å². The maximum absolute atomic E-state index is 13.1. The third-order valence-corrected chi connectivity index (χ3v) is 7.82. The van der Waals surface area contributed by atoms with Gasteiger partial charge in [0, 0.05) is 0 Å². The molecule has 0 aliphatic heterocycles. The van der Waals surface area contributed by atoms with Crippen LogP contribution in [0, 0.1) is 0 Å². The standard InChI is InChI=1S/C32H40N2O8/c35-27(29(37)33-25(21-13-5-1-6-14-21)31(39)41-23-17-9-3-10-18-23)28(36)30(38)34-26(22-15-7-2-8-16-22)32(40)42-24-19-11-4-12-20-24/h1-2,5-8,13-16,23-28,35-36H,3-4,9-12,17-20H2,(H,33,37)(H,34,38)/t25-,26-,27-,28-/m0/s1. The van der Waals surface area contributed by atoms with Crippen LogP contribution >= 0.6 is 0 Å². The molecule has 0 spiro atoms. The monoisotopic (exact) mass is 580 g/mol. The van der Waals surface area contributed by atoms with Gasteiger partial charge in [-0.25, -0.2) is 9.59 Å². The molecule has 0 bridgehead atoms. The highest BCUT2D eigenvalue weighted by Gasteiger charge is 2.37. The minimum atomic E-state index is -2.23. The molecule has 2 fully saturated rings. The Hall–Kier alpha value is -3.76. The molecule has 2 aliphatic carbocycles. The van der Waals surface area contributed by atoms with Crippen LogP contribution in [0.25, 0.3) is 0 Å². The molecule has 4 atom stereocenters. The quantitative estimate of drug-likeness (QED) is 0.296. The second-order valence-corrected chi connectivity index (χ2v) is 11.0. The number of carbonyl (C=O) groups is 4. The highest BCUT2D eigenvalue weighted by Crippen LogP contribution is 2.25. The molecule has 2 aromatic carbocycles. The van der Waals surface area contributed by atoms with Crippen molar-refractivity contribution in [3.8, 4) is 0 Å². The fourth-order valence-corrected chi connectivity index (χ4v) is 5.42. The van der Waals surface area contributed by atoms with Gasteiger partial charge in [0.2, 0.25) is 0 Å². The molecule has 4 rings (SSSR count). The third kappa shape index (κ3) is 8.62. The molecule has 2 saturated carbocycles. The number of benzene rings is 2. The number of esters is 2. The number of aliphatic hydroxyl groups excluding tert-OH is 2. The lowest BCUT2D eigenvalue weighted by atomic mass is 9.97. The average Bonchev–Trinajstić information content (AvgIpc) is 3.03. The van der Waals surface area contributed by atoms with Crippen LogP contribution in [-0.4, -0.2) is 58.4 Å². The molecule has 10 heteroatoms. The van der Waals surface area contributed by atoms with E-state index < -0.39 is 48.0 Å². The number of hydrogen-bond donors (Lipinski definition) is 4. The smallest absolute Gasteiger partial charge is 0.333 e. The van der Waals surface area contributed by atoms with E-state index in [0.29, 0.717) is 11.1 Å². The van der Waals surface area contributed by atoms with Crippen molar-refractivity contribution in [3.05, 3.63) is 71.8 Å². The van der Waals surface area contributed by atoms with Gasteiger partial charge < -0.3 is 30.3 Å². The van der Waals surface area contributed by atoms with Gasteiger partial charge in [-0.2, -0.15) is 0 Å². The lowest BCUT2D eigenvalue weighted by Gasteiger charge is -2.27. The number of amides is 2. The first-order valence-electron chi connectivity index (χ1n) is 14.8. The summed E-state index contributed by atoms with van der Waals surface area (Å²) >= 11 is 0. The van der Waals surface area contributed by atoms with Gasteiger partial charge in [0.15, 0.2) is 24.3 Å². The first-order chi connectivity index (χ1) is 20.3. The topological polar surface area (TPSA) is 151 Å². The number of ether oxygens (including phenoxy) is 2. The molecule has 42 heavy (non-hydrogen) atoms. The van der Waals surface area contributed by atoms with Crippen molar-refractivity contribution in [2.24, 2.45) is 0 Å². The second kappa shape index (κ2) is 15.5. The normalized spacial score (nSPS) is 19.0. The molecule has 4 N–H and O–H groups in total. The Balaban J connectivity index is 1.42. The molecular weight excluding hydrogens is 540 g/mol. The van der Waals surface area contributed by atoms with E-state index in [-0.39, 0.29) is 12.2 Å². The maximum Gasteiger partial charge on any atom is 0.333 e. The Labute approximate surface area is 245 Å². The summed E-state index contributed by atoms with van der Waals surface area (Å²) in [5.74, 6) is -3.68. The van der Waals surface area contributed by atoms with Crippen molar-refractivity contribution in [1.82, 2.24) is 10.6 Å². The second-order valence-electron chi connectivity index (χ2n) is 11.0. The first-order valence-corrected chi connectivity index (χ1v) is 14.8. The van der Waals surface area contributed by atoms with Crippen LogP contribution in [-0.2, 0) is 28.7 Å². The summed E-state index contributed by atoms with van der Waals surface area (Å²) in [5, 5.41) is 26.1. The van der Waals surface area contributed by atoms with E-state index >= 15 is 0 Å². The molecule has 10 nitrogen and oxygen atoms in total. The van der Waals surface area contributed by atoms with Gasteiger partial charge in [0.25, 0.3) is 11.8 Å². The van der Waals surface area contributed by atoms with Crippen LogP contribution in [0.4, 0.5) is 0 Å². The predicted molar refractivity (Wildman–Crippen MR) is 153 cm³/mol. The average molecular weight is 581 g/mol. The summed E-state index contributed by atoms with van der Waals surface area (Å²) < 4.78 is 11.3. The van der Waals surface area contributed by atoms with E-state index in [4.69, 9.17) is 9.47 Å². The van der Waals surface area contributed by atoms with Gasteiger partial charge in [0.05, 0.1) is 0 Å². The van der Waals surface area contributed by atoms with Crippen molar-refractivity contribution >= 4 is 23.8 Å². The summed E-state index contributed by atoms with van der Waals surface area (Å²) in [7, 11) is 0. The Morgan fingerprint density at radius 1 is 0.571 bits per heavy atom. The minimum absolute atomic E-state index is 0.265. The lowest BCUT2D eigenvalue weighted by Crippen LogP contribution is -2.52. The summed E-state index contributed by atoms with van der Waals surface area (Å²) in [6.45, 7) is 0. The SMILES string of the molecule is O=C(OC1CCCCC1)[C@@H](NC(=O)[C@@H](O)[C@H](O)C(=O)N[C@H](C(=O)OC1CCCCC1)c1ccccc1)c1ccccc1. The summed E-state index contributed by atoms with van der Waals surface area (Å²) in [4.78, 5) is 52.2. The zero-order chi connectivity index (χ0) is 29.9. The Bertz CT molecular complexity index is 1090. The highest BCUT2D eigenvalue weighted by molar-refractivity contribution is 5.94. The number of hydrogen-bond acceptors (Lipinski definition) is 8. The molecule has 226 valence electrons. The number of nitrogens with one attached hydrogen (secondary N) is 2. The summed E-state index contributed by atoms with van der Waals surface area (Å²) in [6.07, 6.45) is 3.84. The molecule has 0 saturated heterocycles. The number of aliphatic hydroxyl groups is 2. The van der Waals surface area contributed by atoms with Gasteiger partial charge in [-0.3, -0.25) is 9.59 Å². The van der Waals surface area contributed by atoms with Crippen molar-refractivity contribution in [1.29, 1.82) is 0 Å². The van der Waals surface area contributed by atoms with E-state index in [1.54, 1.807) is 60.7 Å². The van der Waals surface area contributed by atoms with Gasteiger partial charge in [-0.15, -0.1) is 0 Å². The third-order valence-electron chi connectivity index (χ3n) is 7.82. The van der Waals surface area contributed by atoms with Gasteiger partial charge >= 0.3 is 11.9 Å². The zero-order valence-corrected chi connectivity index (χ0v) is 23.7. The molecular formula is C32H40N2O8. The van der Waals surface area contributed by atoms with Gasteiger partial charge in [-0.05, 0) is 62.5 Å². The van der Waals surface area contributed by atoms with E-state index in [2.05, 4.69) is 10.6 Å². The van der Waals surface area contributed by atoms with E-state index in [1.165, 1.54) is 0 Å².